The molecule has 1 unspecified atom stereocenters. The maximum absolute atomic E-state index is 13.8. The summed E-state index contributed by atoms with van der Waals surface area (Å²) in [6.45, 7) is 1.21. The predicted octanol–water partition coefficient (Wildman–Crippen LogP) is 3.96. The van der Waals surface area contributed by atoms with E-state index < -0.39 is 5.82 Å². The minimum atomic E-state index is -0.517. The number of halogens is 2. The van der Waals surface area contributed by atoms with Gasteiger partial charge in [0, 0.05) is 35.1 Å². The van der Waals surface area contributed by atoms with E-state index >= 15 is 0 Å². The molecule has 2 aromatic rings. The first kappa shape index (κ1) is 20.1. The van der Waals surface area contributed by atoms with Crippen molar-refractivity contribution in [2.75, 3.05) is 23.8 Å². The summed E-state index contributed by atoms with van der Waals surface area (Å²) in [6.07, 6.45) is 1.88. The number of amides is 3. The molecule has 1 aliphatic heterocycles. The first-order valence-corrected chi connectivity index (χ1v) is 9.38. The van der Waals surface area contributed by atoms with Gasteiger partial charge < -0.3 is 20.7 Å². The summed E-state index contributed by atoms with van der Waals surface area (Å²) in [5.41, 5.74) is 1.27. The molecule has 3 rings (SSSR count). The van der Waals surface area contributed by atoms with E-state index in [-0.39, 0.29) is 35.0 Å². The van der Waals surface area contributed by atoms with Gasteiger partial charge in [-0.05, 0) is 49.2 Å². The van der Waals surface area contributed by atoms with Crippen LogP contribution in [0.3, 0.4) is 0 Å². The maximum atomic E-state index is 13.8. The Kier molecular flexibility index (Phi) is 6.84. The van der Waals surface area contributed by atoms with Crippen LogP contribution in [0.4, 0.5) is 20.6 Å². The first-order valence-electron chi connectivity index (χ1n) is 9.00. The van der Waals surface area contributed by atoms with Crippen molar-refractivity contribution in [2.24, 2.45) is 0 Å². The van der Waals surface area contributed by atoms with Crippen molar-refractivity contribution in [3.63, 3.8) is 0 Å². The number of ether oxygens (including phenoxy) is 1. The fraction of sp³-hybridized carbons (Fsp3) is 0.300. The maximum Gasteiger partial charge on any atom is 0.319 e. The van der Waals surface area contributed by atoms with Gasteiger partial charge in [0.1, 0.15) is 5.82 Å². The van der Waals surface area contributed by atoms with Crippen molar-refractivity contribution < 1.29 is 18.7 Å². The molecule has 1 fully saturated rings. The molecule has 1 saturated heterocycles. The molecule has 0 radical (unpaired) electrons. The van der Waals surface area contributed by atoms with Crippen LogP contribution in [0.1, 0.15) is 18.4 Å². The number of anilines is 2. The van der Waals surface area contributed by atoms with Crippen molar-refractivity contribution in [1.29, 1.82) is 0 Å². The van der Waals surface area contributed by atoms with Gasteiger partial charge in [0.05, 0.1) is 12.5 Å². The van der Waals surface area contributed by atoms with Crippen LogP contribution in [0.5, 0.6) is 0 Å². The smallest absolute Gasteiger partial charge is 0.319 e. The highest BCUT2D eigenvalue weighted by Gasteiger charge is 2.16. The Bertz CT molecular complexity index is 819. The van der Waals surface area contributed by atoms with Crippen LogP contribution >= 0.6 is 11.6 Å². The summed E-state index contributed by atoms with van der Waals surface area (Å²) in [5, 5.41) is 8.37. The second-order valence-corrected chi connectivity index (χ2v) is 6.88. The Morgan fingerprint density at radius 2 is 1.82 bits per heavy atom. The topological polar surface area (TPSA) is 79.5 Å². The second-order valence-electron chi connectivity index (χ2n) is 6.47. The van der Waals surface area contributed by atoms with E-state index in [9.17, 15) is 14.0 Å². The molecular weight excluding hydrogens is 385 g/mol. The van der Waals surface area contributed by atoms with Crippen LogP contribution in [0.15, 0.2) is 42.5 Å². The number of carbonyl (C=O) groups is 2. The molecule has 1 heterocycles. The third kappa shape index (κ3) is 5.68. The van der Waals surface area contributed by atoms with Gasteiger partial charge in [-0.1, -0.05) is 17.7 Å². The third-order valence-electron chi connectivity index (χ3n) is 4.34. The largest absolute Gasteiger partial charge is 0.376 e. The minimum absolute atomic E-state index is 0.0753. The van der Waals surface area contributed by atoms with Gasteiger partial charge in [-0.3, -0.25) is 4.79 Å². The van der Waals surface area contributed by atoms with E-state index in [2.05, 4.69) is 16.0 Å². The summed E-state index contributed by atoms with van der Waals surface area (Å²) in [4.78, 5) is 24.0. The SMILES string of the molecule is O=C(Cc1c(F)cccc1Cl)Nc1ccc(NC(=O)NCC2CCCO2)cc1. The molecule has 1 aliphatic rings. The van der Waals surface area contributed by atoms with Crippen LogP contribution < -0.4 is 16.0 Å². The standard InChI is InChI=1S/C20H21ClFN3O3/c21-17-4-1-5-18(22)16(17)11-19(26)24-13-6-8-14(9-7-13)25-20(27)23-12-15-3-2-10-28-15/h1,4-9,15H,2-3,10-12H2,(H,24,26)(H2,23,25,27). The zero-order valence-corrected chi connectivity index (χ0v) is 15.9. The molecule has 0 aliphatic carbocycles. The highest BCUT2D eigenvalue weighted by molar-refractivity contribution is 6.31. The van der Waals surface area contributed by atoms with Gasteiger partial charge in [-0.15, -0.1) is 0 Å². The van der Waals surface area contributed by atoms with Gasteiger partial charge in [-0.2, -0.15) is 0 Å². The van der Waals surface area contributed by atoms with Crippen LogP contribution in [-0.2, 0) is 16.0 Å². The number of hydrogen-bond donors (Lipinski definition) is 3. The lowest BCUT2D eigenvalue weighted by Gasteiger charge is -2.12. The molecule has 2 aromatic carbocycles. The summed E-state index contributed by atoms with van der Waals surface area (Å²) in [6, 6.07) is 10.6. The summed E-state index contributed by atoms with van der Waals surface area (Å²) in [5.74, 6) is -0.904. The number of nitrogens with one attached hydrogen (secondary N) is 3. The Morgan fingerprint density at radius 1 is 1.11 bits per heavy atom. The molecule has 1 atom stereocenters. The Hall–Kier alpha value is -2.64. The molecule has 0 aromatic heterocycles. The molecular formula is C20H21ClFN3O3. The molecule has 148 valence electrons. The van der Waals surface area contributed by atoms with E-state index in [1.165, 1.54) is 18.2 Å². The number of rotatable bonds is 6. The summed E-state index contributed by atoms with van der Waals surface area (Å²) < 4.78 is 19.2. The van der Waals surface area contributed by atoms with E-state index in [0.29, 0.717) is 17.9 Å². The molecule has 6 nitrogen and oxygen atoms in total. The van der Waals surface area contributed by atoms with E-state index in [1.807, 2.05) is 0 Å². The van der Waals surface area contributed by atoms with Crippen molar-refractivity contribution in [2.45, 2.75) is 25.4 Å². The molecule has 0 bridgehead atoms. The zero-order valence-electron chi connectivity index (χ0n) is 15.1. The van der Waals surface area contributed by atoms with Gasteiger partial charge in [0.15, 0.2) is 0 Å². The zero-order chi connectivity index (χ0) is 19.9. The summed E-state index contributed by atoms with van der Waals surface area (Å²) in [7, 11) is 0. The Balaban J connectivity index is 1.48. The monoisotopic (exact) mass is 405 g/mol. The summed E-state index contributed by atoms with van der Waals surface area (Å²) >= 11 is 5.94. The molecule has 3 N–H and O–H groups in total. The number of urea groups is 1. The average molecular weight is 406 g/mol. The van der Waals surface area contributed by atoms with Crippen LogP contribution in [0.2, 0.25) is 5.02 Å². The van der Waals surface area contributed by atoms with E-state index in [4.69, 9.17) is 16.3 Å². The highest BCUT2D eigenvalue weighted by Crippen LogP contribution is 2.20. The Morgan fingerprint density at radius 3 is 2.46 bits per heavy atom. The van der Waals surface area contributed by atoms with Crippen LogP contribution in [-0.4, -0.2) is 31.2 Å². The van der Waals surface area contributed by atoms with Crippen molar-refractivity contribution in [3.05, 3.63) is 58.9 Å². The lowest BCUT2D eigenvalue weighted by molar-refractivity contribution is -0.115. The molecule has 0 saturated carbocycles. The number of hydrogen-bond acceptors (Lipinski definition) is 3. The van der Waals surface area contributed by atoms with Crippen molar-refractivity contribution in [3.8, 4) is 0 Å². The normalized spacial score (nSPS) is 15.9. The number of benzene rings is 2. The molecule has 3 amide bonds. The van der Waals surface area contributed by atoms with Gasteiger partial charge >= 0.3 is 6.03 Å². The lowest BCUT2D eigenvalue weighted by atomic mass is 10.1. The van der Waals surface area contributed by atoms with E-state index in [1.54, 1.807) is 24.3 Å². The third-order valence-corrected chi connectivity index (χ3v) is 4.69. The van der Waals surface area contributed by atoms with Crippen LogP contribution in [0, 0.1) is 5.82 Å². The Labute approximate surface area is 167 Å². The second kappa shape index (κ2) is 9.52. The average Bonchev–Trinajstić information content (AvgIpc) is 3.18. The lowest BCUT2D eigenvalue weighted by Crippen LogP contribution is -2.35. The number of carbonyl (C=O) groups excluding carboxylic acids is 2. The van der Waals surface area contributed by atoms with Crippen molar-refractivity contribution in [1.82, 2.24) is 5.32 Å². The highest BCUT2D eigenvalue weighted by atomic mass is 35.5. The quantitative estimate of drug-likeness (QED) is 0.680. The fourth-order valence-corrected chi connectivity index (χ4v) is 3.12. The van der Waals surface area contributed by atoms with Gasteiger partial charge in [0.25, 0.3) is 0 Å². The van der Waals surface area contributed by atoms with Crippen molar-refractivity contribution >= 4 is 34.9 Å². The molecule has 28 heavy (non-hydrogen) atoms. The van der Waals surface area contributed by atoms with E-state index in [0.717, 1.165) is 19.4 Å². The minimum Gasteiger partial charge on any atom is -0.376 e. The fourth-order valence-electron chi connectivity index (χ4n) is 2.89. The van der Waals surface area contributed by atoms with Crippen LogP contribution in [0.25, 0.3) is 0 Å². The first-order chi connectivity index (χ1) is 13.5. The molecule has 8 heteroatoms. The van der Waals surface area contributed by atoms with Gasteiger partial charge in [0.2, 0.25) is 5.91 Å². The predicted molar refractivity (Wildman–Crippen MR) is 106 cm³/mol. The molecule has 0 spiro atoms. The van der Waals surface area contributed by atoms with Gasteiger partial charge in [-0.25, -0.2) is 9.18 Å².